The molecule has 2 heterocycles. The lowest BCUT2D eigenvalue weighted by Gasteiger charge is -2.39. The van der Waals surface area contributed by atoms with Gasteiger partial charge in [-0.15, -0.1) is 11.3 Å². The van der Waals surface area contributed by atoms with Crippen LogP contribution in [0.3, 0.4) is 0 Å². The van der Waals surface area contributed by atoms with Crippen molar-refractivity contribution < 1.29 is 19.6 Å². The van der Waals surface area contributed by atoms with Crippen LogP contribution in [-0.2, 0) is 20.9 Å². The topological polar surface area (TPSA) is 106 Å². The van der Waals surface area contributed by atoms with E-state index in [0.717, 1.165) is 50.3 Å². The van der Waals surface area contributed by atoms with Gasteiger partial charge in [0.25, 0.3) is 0 Å². The third kappa shape index (κ3) is 7.48. The minimum atomic E-state index is -0.681. The van der Waals surface area contributed by atoms with Crippen molar-refractivity contribution in [2.45, 2.75) is 65.5 Å². The molecule has 3 rings (SSSR count). The molecule has 1 saturated carbocycles. The first-order valence-electron chi connectivity index (χ1n) is 12.3. The van der Waals surface area contributed by atoms with Gasteiger partial charge in [0.2, 0.25) is 18.2 Å². The van der Waals surface area contributed by atoms with Crippen LogP contribution in [0.2, 0.25) is 0 Å². The normalized spacial score (nSPS) is 19.6. The van der Waals surface area contributed by atoms with E-state index in [0.29, 0.717) is 36.9 Å². The van der Waals surface area contributed by atoms with E-state index < -0.39 is 17.4 Å². The van der Waals surface area contributed by atoms with Crippen molar-refractivity contribution in [1.29, 1.82) is 0 Å². The number of carbonyl (C=O) groups is 3. The number of nitrogens with zero attached hydrogens (tertiary/aromatic N) is 4. The number of thiazole rings is 1. The van der Waals surface area contributed by atoms with Gasteiger partial charge in [-0.1, -0.05) is 46.5 Å². The maximum Gasteiger partial charge on any atom is 0.245 e. The fourth-order valence-corrected chi connectivity index (χ4v) is 5.58. The predicted molar refractivity (Wildman–Crippen MR) is 130 cm³/mol. The minimum absolute atomic E-state index is 0.0632. The zero-order chi connectivity index (χ0) is 24.7. The van der Waals surface area contributed by atoms with Crippen LogP contribution in [0.1, 0.15) is 57.9 Å². The fraction of sp³-hybridized carbons (Fsp3) is 0.750. The number of aromatic nitrogens is 1. The predicted octanol–water partition coefficient (Wildman–Crippen LogP) is 2.36. The van der Waals surface area contributed by atoms with E-state index in [-0.39, 0.29) is 18.4 Å². The smallest absolute Gasteiger partial charge is 0.245 e. The molecule has 0 aromatic carbocycles. The van der Waals surface area contributed by atoms with Gasteiger partial charge in [-0.05, 0) is 17.8 Å². The van der Waals surface area contributed by atoms with Crippen LogP contribution in [0.15, 0.2) is 11.6 Å². The molecule has 1 aliphatic heterocycles. The van der Waals surface area contributed by atoms with Crippen molar-refractivity contribution in [3.63, 3.8) is 0 Å². The lowest BCUT2D eigenvalue weighted by molar-refractivity contribution is -0.156. The summed E-state index contributed by atoms with van der Waals surface area (Å²) in [5.74, 6) is -0.495. The van der Waals surface area contributed by atoms with Gasteiger partial charge in [-0.2, -0.15) is 0 Å². The average molecular weight is 494 g/mol. The Hall–Kier alpha value is -2.04. The molecular weight excluding hydrogens is 454 g/mol. The molecule has 2 unspecified atom stereocenters. The number of hydrogen-bond acceptors (Lipinski definition) is 7. The fourth-order valence-electron chi connectivity index (χ4n) is 4.92. The van der Waals surface area contributed by atoms with E-state index in [1.54, 1.807) is 11.3 Å². The molecule has 0 radical (unpaired) electrons. The van der Waals surface area contributed by atoms with E-state index in [4.69, 9.17) is 0 Å². The molecule has 9 nitrogen and oxygen atoms in total. The molecule has 1 aromatic heterocycles. The van der Waals surface area contributed by atoms with Crippen molar-refractivity contribution in [1.82, 2.24) is 25.2 Å². The van der Waals surface area contributed by atoms with Crippen LogP contribution < -0.4 is 5.32 Å². The highest BCUT2D eigenvalue weighted by Crippen LogP contribution is 2.31. The van der Waals surface area contributed by atoms with Gasteiger partial charge in [-0.3, -0.25) is 24.5 Å². The van der Waals surface area contributed by atoms with Crippen LogP contribution in [0, 0.1) is 17.3 Å². The summed E-state index contributed by atoms with van der Waals surface area (Å²) in [5.41, 5.74) is -0.480. The molecule has 2 fully saturated rings. The summed E-state index contributed by atoms with van der Waals surface area (Å²) in [4.78, 5) is 46.3. The Morgan fingerprint density at radius 1 is 1.26 bits per heavy atom. The Bertz CT molecular complexity index is 799. The Morgan fingerprint density at radius 3 is 2.50 bits per heavy atom. The summed E-state index contributed by atoms with van der Waals surface area (Å²) < 4.78 is 0. The summed E-state index contributed by atoms with van der Waals surface area (Å²) >= 11 is 1.63. The minimum Gasteiger partial charge on any atom is -0.344 e. The summed E-state index contributed by atoms with van der Waals surface area (Å²) in [6, 6.07) is -0.681. The number of nitrogens with one attached hydrogen (secondary N) is 1. The summed E-state index contributed by atoms with van der Waals surface area (Å²) in [6.45, 7) is 9.31. The second-order valence-corrected chi connectivity index (χ2v) is 11.6. The Labute approximate surface area is 206 Å². The van der Waals surface area contributed by atoms with Crippen LogP contribution in [0.25, 0.3) is 0 Å². The SMILES string of the molecule is CC(C)(C)C(NC(=O)C(CC1CCCC1)CN(O)C=O)C(=O)N1CCN(Cc2nccs2)CC1. The van der Waals surface area contributed by atoms with Gasteiger partial charge < -0.3 is 10.2 Å². The molecule has 1 aromatic rings. The van der Waals surface area contributed by atoms with Crippen molar-refractivity contribution in [3.8, 4) is 0 Å². The summed E-state index contributed by atoms with van der Waals surface area (Å²) in [7, 11) is 0. The highest BCUT2D eigenvalue weighted by Gasteiger charge is 2.38. The maximum atomic E-state index is 13.5. The van der Waals surface area contributed by atoms with Gasteiger partial charge in [-0.25, -0.2) is 10.0 Å². The van der Waals surface area contributed by atoms with Gasteiger partial charge in [0.1, 0.15) is 11.0 Å². The van der Waals surface area contributed by atoms with Crippen molar-refractivity contribution in [2.24, 2.45) is 17.3 Å². The van der Waals surface area contributed by atoms with Gasteiger partial charge >= 0.3 is 0 Å². The molecule has 0 spiro atoms. The first-order chi connectivity index (χ1) is 16.2. The standard InChI is InChI=1S/C24H39N5O4S/c1-24(2,3)21(23(32)28-11-9-27(10-12-28)16-20-25-8-13-34-20)26-22(31)19(15-29(33)17-30)14-18-6-4-5-7-18/h8,13,17-19,21,33H,4-7,9-12,14-16H2,1-3H3,(H,26,31). The summed E-state index contributed by atoms with van der Waals surface area (Å²) in [6.07, 6.45) is 7.15. The molecule has 0 bridgehead atoms. The van der Waals surface area contributed by atoms with Crippen LogP contribution in [0.5, 0.6) is 0 Å². The van der Waals surface area contributed by atoms with Crippen molar-refractivity contribution in [3.05, 3.63) is 16.6 Å². The maximum absolute atomic E-state index is 13.5. The lowest BCUT2D eigenvalue weighted by Crippen LogP contribution is -2.59. The van der Waals surface area contributed by atoms with E-state index in [1.165, 1.54) is 0 Å². The quantitative estimate of drug-likeness (QED) is 0.294. The number of carbonyl (C=O) groups excluding carboxylic acids is 3. The molecule has 2 aliphatic rings. The van der Waals surface area contributed by atoms with Gasteiger partial charge in [0.05, 0.1) is 19.0 Å². The monoisotopic (exact) mass is 493 g/mol. The zero-order valence-corrected chi connectivity index (χ0v) is 21.4. The van der Waals surface area contributed by atoms with Crippen LogP contribution in [0.4, 0.5) is 0 Å². The van der Waals surface area contributed by atoms with E-state index in [1.807, 2.05) is 37.2 Å². The molecule has 190 valence electrons. The Kier molecular flexibility index (Phi) is 9.44. The Balaban J connectivity index is 1.62. The number of rotatable bonds is 10. The third-order valence-electron chi connectivity index (χ3n) is 6.92. The average Bonchev–Trinajstić information content (AvgIpc) is 3.50. The van der Waals surface area contributed by atoms with Crippen molar-refractivity contribution >= 4 is 29.6 Å². The Morgan fingerprint density at radius 2 is 1.94 bits per heavy atom. The zero-order valence-electron chi connectivity index (χ0n) is 20.6. The molecule has 2 N–H and O–H groups in total. The third-order valence-corrected chi connectivity index (χ3v) is 7.68. The van der Waals surface area contributed by atoms with Gasteiger partial charge in [0, 0.05) is 37.8 Å². The largest absolute Gasteiger partial charge is 0.344 e. The first kappa shape index (κ1) is 26.6. The number of hydrogen-bond donors (Lipinski definition) is 2. The second kappa shape index (κ2) is 12.1. The molecule has 3 amide bonds. The van der Waals surface area contributed by atoms with E-state index in [2.05, 4.69) is 15.2 Å². The van der Waals surface area contributed by atoms with Crippen molar-refractivity contribution in [2.75, 3.05) is 32.7 Å². The number of piperazine rings is 1. The molecular formula is C24H39N5O4S. The van der Waals surface area contributed by atoms with E-state index >= 15 is 0 Å². The summed E-state index contributed by atoms with van der Waals surface area (Å²) in [5, 5.41) is 16.4. The van der Waals surface area contributed by atoms with Crippen LogP contribution >= 0.6 is 11.3 Å². The molecule has 1 aliphatic carbocycles. The van der Waals surface area contributed by atoms with E-state index in [9.17, 15) is 19.6 Å². The number of amides is 3. The molecule has 34 heavy (non-hydrogen) atoms. The lowest BCUT2D eigenvalue weighted by atomic mass is 9.84. The molecule has 2 atom stereocenters. The molecule has 10 heteroatoms. The van der Waals surface area contributed by atoms with Gasteiger partial charge in [0.15, 0.2) is 0 Å². The number of hydroxylamine groups is 2. The highest BCUT2D eigenvalue weighted by atomic mass is 32.1. The molecule has 1 saturated heterocycles. The highest BCUT2D eigenvalue weighted by molar-refractivity contribution is 7.09. The van der Waals surface area contributed by atoms with Crippen LogP contribution in [-0.4, -0.2) is 82.0 Å². The first-order valence-corrected chi connectivity index (χ1v) is 13.2. The second-order valence-electron chi connectivity index (χ2n) is 10.6.